The second-order valence-electron chi connectivity index (χ2n) is 7.57. The van der Waals surface area contributed by atoms with Crippen molar-refractivity contribution in [2.24, 2.45) is 4.99 Å². The fourth-order valence-electron chi connectivity index (χ4n) is 3.88. The van der Waals surface area contributed by atoms with Crippen LogP contribution in [0.5, 0.6) is 11.5 Å². The van der Waals surface area contributed by atoms with E-state index < -0.39 is 0 Å². The first-order chi connectivity index (χ1) is 14.3. The van der Waals surface area contributed by atoms with Gasteiger partial charge in [-0.1, -0.05) is 36.8 Å². The minimum absolute atomic E-state index is 0. The summed E-state index contributed by atoms with van der Waals surface area (Å²) in [6.45, 7) is 5.17. The number of likely N-dealkylation sites (tertiary alicyclic amines) is 1. The fourth-order valence-corrected chi connectivity index (χ4v) is 3.88. The summed E-state index contributed by atoms with van der Waals surface area (Å²) < 4.78 is 10.8. The maximum Gasteiger partial charge on any atom is 0.231 e. The van der Waals surface area contributed by atoms with Crippen molar-refractivity contribution in [2.75, 3.05) is 26.9 Å². The summed E-state index contributed by atoms with van der Waals surface area (Å²) in [4.78, 5) is 6.93. The van der Waals surface area contributed by atoms with Gasteiger partial charge in [-0.05, 0) is 54.8 Å². The van der Waals surface area contributed by atoms with E-state index in [9.17, 15) is 0 Å². The number of piperidine rings is 1. The van der Waals surface area contributed by atoms with E-state index in [1.807, 2.05) is 18.2 Å². The molecule has 2 N–H and O–H groups in total. The molecule has 2 heterocycles. The van der Waals surface area contributed by atoms with Gasteiger partial charge in [-0.3, -0.25) is 9.89 Å². The summed E-state index contributed by atoms with van der Waals surface area (Å²) >= 11 is 0. The van der Waals surface area contributed by atoms with E-state index >= 15 is 0 Å². The maximum absolute atomic E-state index is 5.45. The molecule has 1 fully saturated rings. The molecule has 7 heteroatoms. The van der Waals surface area contributed by atoms with E-state index in [0.717, 1.165) is 36.1 Å². The molecule has 0 spiro atoms. The molecule has 2 aliphatic rings. The van der Waals surface area contributed by atoms with Gasteiger partial charge in [0.2, 0.25) is 6.79 Å². The molecule has 0 unspecified atom stereocenters. The topological polar surface area (TPSA) is 58.1 Å². The van der Waals surface area contributed by atoms with Gasteiger partial charge < -0.3 is 20.1 Å². The minimum Gasteiger partial charge on any atom is -0.454 e. The van der Waals surface area contributed by atoms with Crippen molar-refractivity contribution in [3.05, 3.63) is 59.2 Å². The molecule has 2 aromatic rings. The average Bonchev–Trinajstić information content (AvgIpc) is 3.23. The highest BCUT2D eigenvalue weighted by molar-refractivity contribution is 14.0. The van der Waals surface area contributed by atoms with Crippen molar-refractivity contribution in [1.29, 1.82) is 0 Å². The van der Waals surface area contributed by atoms with Crippen LogP contribution < -0.4 is 20.1 Å². The van der Waals surface area contributed by atoms with Crippen molar-refractivity contribution in [1.82, 2.24) is 15.5 Å². The molecule has 2 aliphatic heterocycles. The monoisotopic (exact) mass is 522 g/mol. The van der Waals surface area contributed by atoms with Crippen LogP contribution in [0, 0.1) is 0 Å². The highest BCUT2D eigenvalue weighted by Gasteiger charge is 2.14. The van der Waals surface area contributed by atoms with Gasteiger partial charge in [-0.15, -0.1) is 24.0 Å². The van der Waals surface area contributed by atoms with Crippen LogP contribution in [0.25, 0.3) is 0 Å². The Labute approximate surface area is 196 Å². The zero-order valence-corrected chi connectivity index (χ0v) is 19.9. The number of fused-ring (bicyclic) bond motifs is 1. The molecule has 30 heavy (non-hydrogen) atoms. The Morgan fingerprint density at radius 2 is 1.67 bits per heavy atom. The Bertz CT molecular complexity index is 853. The smallest absolute Gasteiger partial charge is 0.231 e. The molecular weight excluding hydrogens is 491 g/mol. The van der Waals surface area contributed by atoms with Gasteiger partial charge in [0.1, 0.15) is 0 Å². The van der Waals surface area contributed by atoms with Crippen LogP contribution in [0.15, 0.2) is 47.5 Å². The Morgan fingerprint density at radius 3 is 2.47 bits per heavy atom. The van der Waals surface area contributed by atoms with Crippen LogP contribution >= 0.6 is 24.0 Å². The highest BCUT2D eigenvalue weighted by Crippen LogP contribution is 2.32. The molecule has 0 atom stereocenters. The molecule has 0 bridgehead atoms. The van der Waals surface area contributed by atoms with E-state index in [2.05, 4.69) is 44.8 Å². The van der Waals surface area contributed by atoms with Crippen LogP contribution in [0.3, 0.4) is 0 Å². The molecule has 0 aromatic heterocycles. The Hall–Kier alpha value is -2.00. The summed E-state index contributed by atoms with van der Waals surface area (Å²) in [6.07, 6.45) is 4.00. The van der Waals surface area contributed by atoms with Crippen LogP contribution in [0.1, 0.15) is 36.0 Å². The first kappa shape index (κ1) is 22.7. The molecular formula is C23H31IN4O2. The molecule has 1 saturated heterocycles. The predicted octanol–water partition coefficient (Wildman–Crippen LogP) is 3.88. The molecule has 162 valence electrons. The lowest BCUT2D eigenvalue weighted by molar-refractivity contribution is 0.174. The largest absolute Gasteiger partial charge is 0.454 e. The van der Waals surface area contributed by atoms with E-state index in [0.29, 0.717) is 13.3 Å². The summed E-state index contributed by atoms with van der Waals surface area (Å²) in [5, 5.41) is 6.83. The lowest BCUT2D eigenvalue weighted by atomic mass is 10.0. The molecule has 6 nitrogen and oxygen atoms in total. The standard InChI is InChI=1S/C23H30N4O2.HI/c1-24-23(25-14-18-9-10-21-22(13-18)29-17-28-21)26-15-19-7-3-4-8-20(19)16-27-11-5-2-6-12-27;/h3-4,7-10,13H,2,5-6,11-12,14-17H2,1H3,(H2,24,25,26);1H. The van der Waals surface area contributed by atoms with Crippen molar-refractivity contribution in [3.8, 4) is 11.5 Å². The molecule has 0 amide bonds. The molecule has 4 rings (SSSR count). The van der Waals surface area contributed by atoms with Crippen molar-refractivity contribution < 1.29 is 9.47 Å². The van der Waals surface area contributed by atoms with Crippen LogP contribution in [0.2, 0.25) is 0 Å². The Morgan fingerprint density at radius 1 is 0.933 bits per heavy atom. The number of benzene rings is 2. The van der Waals surface area contributed by atoms with Crippen LogP contribution in [-0.2, 0) is 19.6 Å². The van der Waals surface area contributed by atoms with Gasteiger partial charge in [0.25, 0.3) is 0 Å². The van der Waals surface area contributed by atoms with Gasteiger partial charge in [-0.25, -0.2) is 0 Å². The number of ether oxygens (including phenoxy) is 2. The third-order valence-corrected chi connectivity index (χ3v) is 5.53. The highest BCUT2D eigenvalue weighted by atomic mass is 127. The first-order valence-electron chi connectivity index (χ1n) is 10.4. The lowest BCUT2D eigenvalue weighted by Crippen LogP contribution is -2.36. The Balaban J connectivity index is 0.00000256. The molecule has 0 radical (unpaired) electrons. The minimum atomic E-state index is 0. The molecule has 0 aliphatic carbocycles. The first-order valence-corrected chi connectivity index (χ1v) is 10.4. The van der Waals surface area contributed by atoms with Crippen molar-refractivity contribution in [3.63, 3.8) is 0 Å². The lowest BCUT2D eigenvalue weighted by Gasteiger charge is -2.27. The van der Waals surface area contributed by atoms with Crippen LogP contribution in [0.4, 0.5) is 0 Å². The van der Waals surface area contributed by atoms with E-state index in [4.69, 9.17) is 9.47 Å². The SMILES string of the molecule is CN=C(NCc1ccc2c(c1)OCO2)NCc1ccccc1CN1CCCCC1.I. The molecule has 0 saturated carbocycles. The number of guanidine groups is 1. The van der Waals surface area contributed by atoms with Gasteiger partial charge >= 0.3 is 0 Å². The van der Waals surface area contributed by atoms with E-state index in [1.54, 1.807) is 7.05 Å². The van der Waals surface area contributed by atoms with Gasteiger partial charge in [0, 0.05) is 26.7 Å². The van der Waals surface area contributed by atoms with Gasteiger partial charge in [0.15, 0.2) is 17.5 Å². The number of nitrogens with one attached hydrogen (secondary N) is 2. The predicted molar refractivity (Wildman–Crippen MR) is 131 cm³/mol. The van der Waals surface area contributed by atoms with Crippen molar-refractivity contribution >= 4 is 29.9 Å². The number of hydrogen-bond donors (Lipinski definition) is 2. The number of aliphatic imine (C=N–C) groups is 1. The number of halogens is 1. The maximum atomic E-state index is 5.45. The summed E-state index contributed by atoms with van der Waals surface area (Å²) in [5.41, 5.74) is 3.85. The van der Waals surface area contributed by atoms with Gasteiger partial charge in [-0.2, -0.15) is 0 Å². The second-order valence-corrected chi connectivity index (χ2v) is 7.57. The second kappa shape index (κ2) is 11.4. The zero-order chi connectivity index (χ0) is 19.9. The van der Waals surface area contributed by atoms with E-state index in [1.165, 1.54) is 43.5 Å². The van der Waals surface area contributed by atoms with Crippen LogP contribution in [-0.4, -0.2) is 37.8 Å². The Kier molecular flexibility index (Phi) is 8.62. The fraction of sp³-hybridized carbons (Fsp3) is 0.435. The normalized spacial score (nSPS) is 16.1. The molecule has 2 aromatic carbocycles. The third-order valence-electron chi connectivity index (χ3n) is 5.53. The van der Waals surface area contributed by atoms with Crippen molar-refractivity contribution in [2.45, 2.75) is 38.9 Å². The average molecular weight is 522 g/mol. The summed E-state index contributed by atoms with van der Waals surface area (Å²) in [6, 6.07) is 14.7. The number of nitrogens with zero attached hydrogens (tertiary/aromatic N) is 2. The quantitative estimate of drug-likeness (QED) is 0.343. The summed E-state index contributed by atoms with van der Waals surface area (Å²) in [5.74, 6) is 2.40. The van der Waals surface area contributed by atoms with E-state index in [-0.39, 0.29) is 24.0 Å². The number of rotatable bonds is 6. The number of hydrogen-bond acceptors (Lipinski definition) is 4. The van der Waals surface area contributed by atoms with Gasteiger partial charge in [0.05, 0.1) is 0 Å². The zero-order valence-electron chi connectivity index (χ0n) is 17.5. The third kappa shape index (κ3) is 6.01. The summed E-state index contributed by atoms with van der Waals surface area (Å²) in [7, 11) is 1.80.